The standard InChI is InChI=1S/C17H14Cl2O4/c1-2-11(16(22)12-7-9(18)3-5-14(12)20)17(23)13-8-10(19)4-6-15(13)21/h3-8,11,20-21H,2H2,1H3. The summed E-state index contributed by atoms with van der Waals surface area (Å²) in [5.74, 6) is -2.67. The number of phenolic OH excluding ortho intramolecular Hbond substituents is 2. The summed E-state index contributed by atoms with van der Waals surface area (Å²) in [6.45, 7) is 1.67. The summed E-state index contributed by atoms with van der Waals surface area (Å²) in [7, 11) is 0. The van der Waals surface area contributed by atoms with Crippen molar-refractivity contribution in [3.63, 3.8) is 0 Å². The third-order valence-electron chi connectivity index (χ3n) is 3.49. The van der Waals surface area contributed by atoms with Crippen LogP contribution in [0.5, 0.6) is 11.5 Å². The Morgan fingerprint density at radius 3 is 1.65 bits per heavy atom. The number of hydrogen-bond donors (Lipinski definition) is 2. The minimum Gasteiger partial charge on any atom is -0.507 e. The molecule has 2 rings (SSSR count). The summed E-state index contributed by atoms with van der Waals surface area (Å²) < 4.78 is 0. The molecule has 2 N–H and O–H groups in total. The van der Waals surface area contributed by atoms with Gasteiger partial charge in [-0.3, -0.25) is 9.59 Å². The van der Waals surface area contributed by atoms with Crippen LogP contribution in [0.15, 0.2) is 36.4 Å². The van der Waals surface area contributed by atoms with Crippen molar-refractivity contribution < 1.29 is 19.8 Å². The normalized spacial score (nSPS) is 10.8. The van der Waals surface area contributed by atoms with E-state index in [1.807, 2.05) is 0 Å². The topological polar surface area (TPSA) is 74.6 Å². The lowest BCUT2D eigenvalue weighted by atomic mass is 9.87. The molecule has 6 heteroatoms. The van der Waals surface area contributed by atoms with Crippen molar-refractivity contribution in [1.82, 2.24) is 0 Å². The Kier molecular flexibility index (Phi) is 5.29. The van der Waals surface area contributed by atoms with Crippen LogP contribution in [-0.2, 0) is 0 Å². The molecular weight excluding hydrogens is 339 g/mol. The van der Waals surface area contributed by atoms with Crippen LogP contribution < -0.4 is 0 Å². The fraction of sp³-hybridized carbons (Fsp3) is 0.176. The molecule has 0 amide bonds. The zero-order chi connectivity index (χ0) is 17.1. The average molecular weight is 353 g/mol. The van der Waals surface area contributed by atoms with Crippen LogP contribution in [-0.4, -0.2) is 21.8 Å². The van der Waals surface area contributed by atoms with Crippen LogP contribution in [0.2, 0.25) is 10.0 Å². The molecule has 0 spiro atoms. The van der Waals surface area contributed by atoms with Crippen LogP contribution in [0.4, 0.5) is 0 Å². The molecule has 0 atom stereocenters. The third-order valence-corrected chi connectivity index (χ3v) is 3.96. The van der Waals surface area contributed by atoms with Gasteiger partial charge >= 0.3 is 0 Å². The number of rotatable bonds is 5. The molecule has 4 nitrogen and oxygen atoms in total. The molecule has 0 saturated carbocycles. The van der Waals surface area contributed by atoms with Crippen molar-refractivity contribution in [1.29, 1.82) is 0 Å². The molecule has 0 heterocycles. The molecule has 120 valence electrons. The Hall–Kier alpha value is -2.04. The van der Waals surface area contributed by atoms with Crippen molar-refractivity contribution in [2.75, 3.05) is 0 Å². The van der Waals surface area contributed by atoms with Gasteiger partial charge in [-0.2, -0.15) is 0 Å². The molecule has 0 bridgehead atoms. The molecule has 2 aromatic rings. The highest BCUT2D eigenvalue weighted by atomic mass is 35.5. The number of halogens is 2. The van der Waals surface area contributed by atoms with E-state index in [9.17, 15) is 19.8 Å². The minimum absolute atomic E-state index is 0.0285. The molecule has 0 unspecified atom stereocenters. The molecule has 0 aliphatic heterocycles. The van der Waals surface area contributed by atoms with Crippen LogP contribution in [0.25, 0.3) is 0 Å². The summed E-state index contributed by atoms with van der Waals surface area (Å²) in [5.41, 5.74) is -0.0570. The zero-order valence-corrected chi connectivity index (χ0v) is 13.7. The van der Waals surface area contributed by atoms with E-state index in [-0.39, 0.29) is 39.1 Å². The van der Waals surface area contributed by atoms with E-state index in [1.54, 1.807) is 6.92 Å². The first kappa shape index (κ1) is 17.3. The van der Waals surface area contributed by atoms with E-state index in [1.165, 1.54) is 36.4 Å². The number of carbonyl (C=O) groups excluding carboxylic acids is 2. The number of carbonyl (C=O) groups is 2. The van der Waals surface area contributed by atoms with Crippen molar-refractivity contribution >= 4 is 34.8 Å². The van der Waals surface area contributed by atoms with Gasteiger partial charge in [-0.25, -0.2) is 0 Å². The second-order valence-corrected chi connectivity index (χ2v) is 5.89. The van der Waals surface area contributed by atoms with Crippen molar-refractivity contribution in [3.8, 4) is 11.5 Å². The van der Waals surface area contributed by atoms with Crippen LogP contribution in [0, 0.1) is 5.92 Å². The Bertz CT molecular complexity index is 708. The van der Waals surface area contributed by atoms with Gasteiger partial charge in [0.15, 0.2) is 11.6 Å². The summed E-state index contributed by atoms with van der Waals surface area (Å²) in [6, 6.07) is 8.10. The van der Waals surface area contributed by atoms with Gasteiger partial charge in [0.25, 0.3) is 0 Å². The van der Waals surface area contributed by atoms with Gasteiger partial charge in [-0.15, -0.1) is 0 Å². The smallest absolute Gasteiger partial charge is 0.177 e. The summed E-state index contributed by atoms with van der Waals surface area (Å²) in [4.78, 5) is 25.2. The van der Waals surface area contributed by atoms with Crippen molar-refractivity contribution in [2.24, 2.45) is 5.92 Å². The van der Waals surface area contributed by atoms with E-state index < -0.39 is 17.5 Å². The maximum atomic E-state index is 12.6. The van der Waals surface area contributed by atoms with Gasteiger partial charge in [-0.1, -0.05) is 30.1 Å². The van der Waals surface area contributed by atoms with E-state index in [4.69, 9.17) is 23.2 Å². The van der Waals surface area contributed by atoms with E-state index in [0.717, 1.165) is 0 Å². The minimum atomic E-state index is -1.05. The number of ketones is 2. The first-order valence-corrected chi connectivity index (χ1v) is 7.66. The fourth-order valence-corrected chi connectivity index (χ4v) is 2.62. The maximum absolute atomic E-state index is 12.6. The third kappa shape index (κ3) is 3.66. The summed E-state index contributed by atoms with van der Waals surface area (Å²) in [6.07, 6.45) is 0.204. The van der Waals surface area contributed by atoms with Gasteiger partial charge in [0, 0.05) is 10.0 Å². The van der Waals surface area contributed by atoms with Crippen LogP contribution in [0.3, 0.4) is 0 Å². The van der Waals surface area contributed by atoms with Gasteiger partial charge in [0.2, 0.25) is 0 Å². The predicted octanol–water partition coefficient (Wildman–Crippen LogP) is 4.50. The van der Waals surface area contributed by atoms with E-state index in [2.05, 4.69) is 0 Å². The van der Waals surface area contributed by atoms with Gasteiger partial charge in [-0.05, 0) is 42.8 Å². The summed E-state index contributed by atoms with van der Waals surface area (Å²) >= 11 is 11.7. The van der Waals surface area contributed by atoms with Crippen LogP contribution in [0.1, 0.15) is 34.1 Å². The van der Waals surface area contributed by atoms with E-state index >= 15 is 0 Å². The lowest BCUT2D eigenvalue weighted by molar-refractivity contribution is 0.0801. The lowest BCUT2D eigenvalue weighted by Crippen LogP contribution is -2.24. The van der Waals surface area contributed by atoms with Crippen molar-refractivity contribution in [3.05, 3.63) is 57.6 Å². The number of aromatic hydroxyl groups is 2. The number of Topliss-reactive ketones (excluding diaryl/α,β-unsaturated/α-hetero) is 2. The molecule has 0 saturated heterocycles. The SMILES string of the molecule is CCC(C(=O)c1cc(Cl)ccc1O)C(=O)c1cc(Cl)ccc1O. The second-order valence-electron chi connectivity index (χ2n) is 5.01. The average Bonchev–Trinajstić information content (AvgIpc) is 2.52. The lowest BCUT2D eigenvalue weighted by Gasteiger charge is -2.15. The highest BCUT2D eigenvalue weighted by molar-refractivity contribution is 6.32. The Labute approximate surface area is 143 Å². The van der Waals surface area contributed by atoms with Gasteiger partial charge < -0.3 is 10.2 Å². The van der Waals surface area contributed by atoms with E-state index in [0.29, 0.717) is 0 Å². The summed E-state index contributed by atoms with van der Waals surface area (Å²) in [5, 5.41) is 20.2. The quantitative estimate of drug-likeness (QED) is 0.613. The highest BCUT2D eigenvalue weighted by Gasteiger charge is 2.30. The molecule has 0 aromatic heterocycles. The number of benzene rings is 2. The van der Waals surface area contributed by atoms with Crippen LogP contribution >= 0.6 is 23.2 Å². The molecule has 0 aliphatic rings. The Balaban J connectivity index is 2.42. The maximum Gasteiger partial charge on any atom is 0.177 e. The predicted molar refractivity (Wildman–Crippen MR) is 88.7 cm³/mol. The Morgan fingerprint density at radius 2 is 1.30 bits per heavy atom. The molecule has 0 fully saturated rings. The zero-order valence-electron chi connectivity index (χ0n) is 12.2. The first-order valence-electron chi connectivity index (χ1n) is 6.90. The molecule has 0 radical (unpaired) electrons. The fourth-order valence-electron chi connectivity index (χ4n) is 2.28. The number of phenols is 2. The monoisotopic (exact) mass is 352 g/mol. The second kappa shape index (κ2) is 7.02. The molecular formula is C17H14Cl2O4. The molecule has 0 aliphatic carbocycles. The first-order chi connectivity index (χ1) is 10.8. The molecule has 2 aromatic carbocycles. The highest BCUT2D eigenvalue weighted by Crippen LogP contribution is 2.30. The van der Waals surface area contributed by atoms with Gasteiger partial charge in [0.1, 0.15) is 11.5 Å². The Morgan fingerprint density at radius 1 is 0.913 bits per heavy atom. The van der Waals surface area contributed by atoms with Crippen molar-refractivity contribution in [2.45, 2.75) is 13.3 Å². The largest absolute Gasteiger partial charge is 0.507 e. The molecule has 23 heavy (non-hydrogen) atoms. The number of hydrogen-bond acceptors (Lipinski definition) is 4. The van der Waals surface area contributed by atoms with Gasteiger partial charge in [0.05, 0.1) is 17.0 Å².